The molecule has 1 N–H and O–H groups in total. The van der Waals surface area contributed by atoms with Crippen molar-refractivity contribution in [2.24, 2.45) is 0 Å². The summed E-state index contributed by atoms with van der Waals surface area (Å²) in [7, 11) is -1.43. The van der Waals surface area contributed by atoms with Crippen molar-refractivity contribution in [1.29, 1.82) is 5.26 Å². The first kappa shape index (κ1) is 20.1. The number of sulfonamides is 1. The lowest BCUT2D eigenvalue weighted by molar-refractivity contribution is 0.232. The maximum Gasteiger partial charge on any atom is 0.211 e. The van der Waals surface area contributed by atoms with Crippen molar-refractivity contribution in [2.75, 3.05) is 26.5 Å². The van der Waals surface area contributed by atoms with Crippen LogP contribution in [0.1, 0.15) is 44.1 Å². The molecular formula is C20H29N3O3S. The van der Waals surface area contributed by atoms with Crippen LogP contribution < -0.4 is 10.1 Å². The number of hydrogen-bond donors (Lipinski definition) is 1. The minimum Gasteiger partial charge on any atom is -0.497 e. The van der Waals surface area contributed by atoms with E-state index in [1.165, 1.54) is 6.26 Å². The number of nitriles is 1. The van der Waals surface area contributed by atoms with E-state index in [9.17, 15) is 13.7 Å². The Labute approximate surface area is 162 Å². The zero-order valence-corrected chi connectivity index (χ0v) is 17.0. The van der Waals surface area contributed by atoms with Crippen LogP contribution in [0.2, 0.25) is 0 Å². The Bertz CT molecular complexity index is 787. The summed E-state index contributed by atoms with van der Waals surface area (Å²) in [4.78, 5) is 0. The summed E-state index contributed by atoms with van der Waals surface area (Å²) in [5.41, 5.74) is 0.607. The number of methoxy groups -OCH3 is 1. The second-order valence-corrected chi connectivity index (χ2v) is 9.79. The Balaban J connectivity index is 1.56. The monoisotopic (exact) mass is 391 g/mol. The number of piperidine rings is 1. The Morgan fingerprint density at radius 1 is 1.19 bits per heavy atom. The number of rotatable bonds is 5. The lowest BCUT2D eigenvalue weighted by atomic mass is 9.69. The Morgan fingerprint density at radius 2 is 1.81 bits per heavy atom. The van der Waals surface area contributed by atoms with Crippen molar-refractivity contribution in [3.8, 4) is 11.8 Å². The molecule has 1 heterocycles. The Kier molecular flexibility index (Phi) is 6.09. The number of benzene rings is 1. The second kappa shape index (κ2) is 8.17. The first-order valence-corrected chi connectivity index (χ1v) is 11.5. The van der Waals surface area contributed by atoms with Gasteiger partial charge in [0.05, 0.1) is 24.8 Å². The fourth-order valence-electron chi connectivity index (χ4n) is 4.35. The molecule has 3 rings (SSSR count). The van der Waals surface area contributed by atoms with Crippen molar-refractivity contribution < 1.29 is 13.2 Å². The molecule has 1 aromatic rings. The quantitative estimate of drug-likeness (QED) is 0.833. The highest BCUT2D eigenvalue weighted by Gasteiger charge is 2.38. The van der Waals surface area contributed by atoms with E-state index >= 15 is 0 Å². The minimum absolute atomic E-state index is 0.361. The highest BCUT2D eigenvalue weighted by atomic mass is 32.2. The van der Waals surface area contributed by atoms with Gasteiger partial charge in [-0.05, 0) is 56.2 Å². The van der Waals surface area contributed by atoms with E-state index in [4.69, 9.17) is 4.74 Å². The third kappa shape index (κ3) is 4.63. The topological polar surface area (TPSA) is 82.4 Å². The van der Waals surface area contributed by atoms with Gasteiger partial charge in [0.2, 0.25) is 10.0 Å². The molecule has 1 saturated heterocycles. The molecule has 2 fully saturated rings. The molecule has 27 heavy (non-hydrogen) atoms. The van der Waals surface area contributed by atoms with Crippen LogP contribution in [0, 0.1) is 11.3 Å². The first-order chi connectivity index (χ1) is 12.9. The van der Waals surface area contributed by atoms with Gasteiger partial charge >= 0.3 is 0 Å². The van der Waals surface area contributed by atoms with E-state index in [0.717, 1.165) is 49.8 Å². The SMILES string of the molecule is COc1cccc(C2(C#N)CCC(NC3CCN(S(C)(=O)=O)CC3)CC2)c1. The van der Waals surface area contributed by atoms with E-state index in [1.807, 2.05) is 24.3 Å². The van der Waals surface area contributed by atoms with Crippen molar-refractivity contribution in [1.82, 2.24) is 9.62 Å². The minimum atomic E-state index is -3.08. The van der Waals surface area contributed by atoms with Crippen LogP contribution >= 0.6 is 0 Å². The fraction of sp³-hybridized carbons (Fsp3) is 0.650. The van der Waals surface area contributed by atoms with Gasteiger partial charge in [0.15, 0.2) is 0 Å². The van der Waals surface area contributed by atoms with Crippen LogP contribution in [0.25, 0.3) is 0 Å². The average molecular weight is 392 g/mol. The molecule has 1 aliphatic heterocycles. The summed E-state index contributed by atoms with van der Waals surface area (Å²) in [5.74, 6) is 0.792. The maximum absolute atomic E-state index is 11.6. The fourth-order valence-corrected chi connectivity index (χ4v) is 5.22. The average Bonchev–Trinajstić information content (AvgIpc) is 2.68. The summed E-state index contributed by atoms with van der Waals surface area (Å²) in [6.45, 7) is 1.18. The number of nitrogens with one attached hydrogen (secondary N) is 1. The smallest absolute Gasteiger partial charge is 0.211 e. The van der Waals surface area contributed by atoms with Crippen molar-refractivity contribution >= 4 is 10.0 Å². The lowest BCUT2D eigenvalue weighted by Crippen LogP contribution is -2.49. The van der Waals surface area contributed by atoms with Crippen molar-refractivity contribution in [2.45, 2.75) is 56.0 Å². The predicted molar refractivity (Wildman–Crippen MR) is 105 cm³/mol. The van der Waals surface area contributed by atoms with Gasteiger partial charge < -0.3 is 10.1 Å². The molecule has 6 nitrogen and oxygen atoms in total. The molecule has 1 saturated carbocycles. The van der Waals surface area contributed by atoms with Crippen molar-refractivity contribution in [3.63, 3.8) is 0 Å². The van der Waals surface area contributed by atoms with Gasteiger partial charge in [-0.1, -0.05) is 12.1 Å². The predicted octanol–water partition coefficient (Wildman–Crippen LogP) is 2.41. The maximum atomic E-state index is 11.6. The molecule has 0 atom stereocenters. The molecule has 2 aliphatic rings. The molecule has 0 spiro atoms. The van der Waals surface area contributed by atoms with Gasteiger partial charge in [-0.25, -0.2) is 12.7 Å². The highest BCUT2D eigenvalue weighted by molar-refractivity contribution is 7.88. The van der Waals surface area contributed by atoms with E-state index in [0.29, 0.717) is 25.2 Å². The largest absolute Gasteiger partial charge is 0.497 e. The molecule has 0 radical (unpaired) electrons. The Morgan fingerprint density at radius 3 is 2.37 bits per heavy atom. The van der Waals surface area contributed by atoms with E-state index in [2.05, 4.69) is 11.4 Å². The first-order valence-electron chi connectivity index (χ1n) is 9.63. The van der Waals surface area contributed by atoms with Crippen LogP contribution in [-0.4, -0.2) is 51.3 Å². The van der Waals surface area contributed by atoms with Crippen LogP contribution in [0.4, 0.5) is 0 Å². The van der Waals surface area contributed by atoms with Gasteiger partial charge in [0, 0.05) is 25.2 Å². The molecule has 0 aromatic heterocycles. The van der Waals surface area contributed by atoms with Gasteiger partial charge in [-0.15, -0.1) is 0 Å². The summed E-state index contributed by atoms with van der Waals surface area (Å²) in [6.07, 6.45) is 6.55. The van der Waals surface area contributed by atoms with Crippen LogP contribution in [-0.2, 0) is 15.4 Å². The Hall–Kier alpha value is -1.62. The van der Waals surface area contributed by atoms with E-state index < -0.39 is 15.4 Å². The lowest BCUT2D eigenvalue weighted by Gasteiger charge is -2.39. The number of hydrogen-bond acceptors (Lipinski definition) is 5. The van der Waals surface area contributed by atoms with Crippen LogP contribution in [0.5, 0.6) is 5.75 Å². The third-order valence-electron chi connectivity index (χ3n) is 6.07. The summed E-state index contributed by atoms with van der Waals surface area (Å²) in [5, 5.41) is 13.6. The molecular weight excluding hydrogens is 362 g/mol. The standard InChI is InChI=1S/C20H29N3O3S/c1-26-19-5-3-4-16(14-19)20(15-21)10-6-17(7-11-20)22-18-8-12-23(13-9-18)27(2,24)25/h3-5,14,17-18,22H,6-13H2,1-2H3. The van der Waals surface area contributed by atoms with Crippen LogP contribution in [0.3, 0.4) is 0 Å². The zero-order chi connectivity index (χ0) is 19.5. The van der Waals surface area contributed by atoms with Gasteiger partial charge in [-0.3, -0.25) is 0 Å². The molecule has 0 amide bonds. The summed E-state index contributed by atoms with van der Waals surface area (Å²) < 4.78 is 30.2. The zero-order valence-electron chi connectivity index (χ0n) is 16.1. The highest BCUT2D eigenvalue weighted by Crippen LogP contribution is 2.40. The molecule has 1 aliphatic carbocycles. The summed E-state index contributed by atoms with van der Waals surface area (Å²) >= 11 is 0. The van der Waals surface area contributed by atoms with Crippen LogP contribution in [0.15, 0.2) is 24.3 Å². The number of ether oxygens (including phenoxy) is 1. The van der Waals surface area contributed by atoms with Gasteiger partial charge in [0.25, 0.3) is 0 Å². The molecule has 7 heteroatoms. The molecule has 148 valence electrons. The second-order valence-electron chi connectivity index (χ2n) is 7.80. The number of nitrogens with zero attached hydrogens (tertiary/aromatic N) is 2. The van der Waals surface area contributed by atoms with Crippen molar-refractivity contribution in [3.05, 3.63) is 29.8 Å². The van der Waals surface area contributed by atoms with Gasteiger partial charge in [-0.2, -0.15) is 5.26 Å². The molecule has 1 aromatic carbocycles. The third-order valence-corrected chi connectivity index (χ3v) is 7.37. The van der Waals surface area contributed by atoms with E-state index in [1.54, 1.807) is 11.4 Å². The summed E-state index contributed by atoms with van der Waals surface area (Å²) in [6, 6.07) is 11.2. The normalized spacial score (nSPS) is 27.8. The van der Waals surface area contributed by atoms with Gasteiger partial charge in [0.1, 0.15) is 5.75 Å². The molecule has 0 unspecified atom stereocenters. The molecule has 0 bridgehead atoms. The van der Waals surface area contributed by atoms with E-state index in [-0.39, 0.29) is 0 Å².